The van der Waals surface area contributed by atoms with Crippen LogP contribution in [0.25, 0.3) is 0 Å². The van der Waals surface area contributed by atoms with Crippen molar-refractivity contribution in [3.8, 4) is 0 Å². The topological polar surface area (TPSA) is 72.2 Å². The highest BCUT2D eigenvalue weighted by Crippen LogP contribution is 2.29. The van der Waals surface area contributed by atoms with Crippen LogP contribution in [0.2, 0.25) is 0 Å². The van der Waals surface area contributed by atoms with E-state index in [0.717, 1.165) is 11.1 Å². The summed E-state index contributed by atoms with van der Waals surface area (Å²) in [6.07, 6.45) is 0. The summed E-state index contributed by atoms with van der Waals surface area (Å²) in [5, 5.41) is 0. The van der Waals surface area contributed by atoms with Gasteiger partial charge >= 0.3 is 0 Å². The molecule has 2 aromatic rings. The SMILES string of the molecule is Cc1ccc(N)c(C)c1NS(=O)(=O)c1ccccc1Br. The van der Waals surface area contributed by atoms with Crippen LogP contribution in [0, 0.1) is 13.8 Å². The minimum Gasteiger partial charge on any atom is -0.398 e. The van der Waals surface area contributed by atoms with Crippen LogP contribution in [0.3, 0.4) is 0 Å². The average molecular weight is 355 g/mol. The largest absolute Gasteiger partial charge is 0.398 e. The van der Waals surface area contributed by atoms with E-state index in [9.17, 15) is 8.42 Å². The molecule has 2 aromatic carbocycles. The molecule has 0 bridgehead atoms. The van der Waals surface area contributed by atoms with Gasteiger partial charge in [-0.1, -0.05) is 18.2 Å². The Kier molecular flexibility index (Phi) is 4.06. The molecule has 0 amide bonds. The Morgan fingerprint density at radius 2 is 1.75 bits per heavy atom. The molecule has 6 heteroatoms. The van der Waals surface area contributed by atoms with Crippen LogP contribution in [-0.4, -0.2) is 8.42 Å². The smallest absolute Gasteiger partial charge is 0.263 e. The zero-order valence-electron chi connectivity index (χ0n) is 11.1. The number of anilines is 2. The molecule has 20 heavy (non-hydrogen) atoms. The van der Waals surface area contributed by atoms with Crippen molar-refractivity contribution in [1.82, 2.24) is 0 Å². The molecule has 4 nitrogen and oxygen atoms in total. The summed E-state index contributed by atoms with van der Waals surface area (Å²) in [5.74, 6) is 0. The molecule has 0 aliphatic heterocycles. The van der Waals surface area contributed by atoms with E-state index in [1.54, 1.807) is 43.3 Å². The van der Waals surface area contributed by atoms with E-state index in [1.807, 2.05) is 6.92 Å². The fraction of sp³-hybridized carbons (Fsp3) is 0.143. The first-order chi connectivity index (χ1) is 9.33. The summed E-state index contributed by atoms with van der Waals surface area (Å²) >= 11 is 3.25. The Hall–Kier alpha value is -1.53. The standard InChI is InChI=1S/C14H15BrN2O2S/c1-9-7-8-12(16)10(2)14(9)17-20(18,19)13-6-4-3-5-11(13)15/h3-8,17H,16H2,1-2H3. The van der Waals surface area contributed by atoms with Crippen LogP contribution in [0.5, 0.6) is 0 Å². The number of nitrogen functional groups attached to an aromatic ring is 1. The Morgan fingerprint density at radius 3 is 2.40 bits per heavy atom. The van der Waals surface area contributed by atoms with Gasteiger partial charge in [0.1, 0.15) is 4.90 Å². The molecule has 0 saturated carbocycles. The van der Waals surface area contributed by atoms with Gasteiger partial charge in [-0.25, -0.2) is 8.42 Å². The molecule has 0 radical (unpaired) electrons. The first-order valence-electron chi connectivity index (χ1n) is 5.96. The second-order valence-electron chi connectivity index (χ2n) is 4.51. The van der Waals surface area contributed by atoms with Gasteiger partial charge in [0.15, 0.2) is 0 Å². The maximum Gasteiger partial charge on any atom is 0.263 e. The third-order valence-corrected chi connectivity index (χ3v) is 5.44. The molecule has 0 saturated heterocycles. The van der Waals surface area contributed by atoms with Gasteiger partial charge in [0.05, 0.1) is 5.69 Å². The van der Waals surface area contributed by atoms with E-state index in [0.29, 0.717) is 15.8 Å². The fourth-order valence-electron chi connectivity index (χ4n) is 1.87. The minimum atomic E-state index is -3.66. The zero-order valence-corrected chi connectivity index (χ0v) is 13.5. The molecule has 0 atom stereocenters. The maximum absolute atomic E-state index is 12.5. The summed E-state index contributed by atoms with van der Waals surface area (Å²) < 4.78 is 28.0. The molecule has 0 aromatic heterocycles. The molecule has 3 N–H and O–H groups in total. The highest BCUT2D eigenvalue weighted by Gasteiger charge is 2.19. The molecule has 0 fully saturated rings. The second-order valence-corrected chi connectivity index (χ2v) is 7.01. The molecule has 0 aliphatic rings. The lowest BCUT2D eigenvalue weighted by Gasteiger charge is -2.15. The van der Waals surface area contributed by atoms with Gasteiger partial charge in [0.2, 0.25) is 0 Å². The number of hydrogen-bond donors (Lipinski definition) is 2. The monoisotopic (exact) mass is 354 g/mol. The van der Waals surface area contributed by atoms with Gasteiger partial charge in [0, 0.05) is 10.2 Å². The lowest BCUT2D eigenvalue weighted by atomic mass is 10.1. The van der Waals surface area contributed by atoms with Crippen molar-refractivity contribution in [2.45, 2.75) is 18.7 Å². The van der Waals surface area contributed by atoms with E-state index in [-0.39, 0.29) is 4.90 Å². The van der Waals surface area contributed by atoms with Crippen LogP contribution in [0.1, 0.15) is 11.1 Å². The third-order valence-electron chi connectivity index (χ3n) is 3.08. The predicted molar refractivity (Wildman–Crippen MR) is 85.3 cm³/mol. The molecule has 2 rings (SSSR count). The van der Waals surface area contributed by atoms with Crippen LogP contribution < -0.4 is 10.5 Å². The summed E-state index contributed by atoms with van der Waals surface area (Å²) in [4.78, 5) is 0.196. The van der Waals surface area contributed by atoms with E-state index in [4.69, 9.17) is 5.73 Å². The van der Waals surface area contributed by atoms with E-state index >= 15 is 0 Å². The number of benzene rings is 2. The summed E-state index contributed by atoms with van der Waals surface area (Å²) in [7, 11) is -3.66. The van der Waals surface area contributed by atoms with Crippen LogP contribution >= 0.6 is 15.9 Å². The number of nitrogens with two attached hydrogens (primary N) is 1. The Bertz CT molecular complexity index is 758. The van der Waals surface area contributed by atoms with Gasteiger partial charge < -0.3 is 5.73 Å². The van der Waals surface area contributed by atoms with Crippen molar-refractivity contribution in [3.63, 3.8) is 0 Å². The minimum absolute atomic E-state index is 0.196. The molecule has 0 unspecified atom stereocenters. The van der Waals surface area contributed by atoms with Crippen LogP contribution in [0.15, 0.2) is 45.8 Å². The highest BCUT2D eigenvalue weighted by molar-refractivity contribution is 9.10. The molecule has 0 heterocycles. The van der Waals surface area contributed by atoms with Crippen molar-refractivity contribution < 1.29 is 8.42 Å². The Balaban J connectivity index is 2.50. The van der Waals surface area contributed by atoms with Gasteiger partial charge in [-0.15, -0.1) is 0 Å². The second kappa shape index (κ2) is 5.46. The molecule has 106 valence electrons. The number of rotatable bonds is 3. The molecule has 0 spiro atoms. The van der Waals surface area contributed by atoms with Crippen LogP contribution in [0.4, 0.5) is 11.4 Å². The quantitative estimate of drug-likeness (QED) is 0.829. The Labute approximate surface area is 127 Å². The highest BCUT2D eigenvalue weighted by atomic mass is 79.9. The molecule has 0 aliphatic carbocycles. The van der Waals surface area contributed by atoms with Gasteiger partial charge in [-0.3, -0.25) is 4.72 Å². The maximum atomic E-state index is 12.5. The van der Waals surface area contributed by atoms with E-state index in [1.165, 1.54) is 0 Å². The summed E-state index contributed by atoms with van der Waals surface area (Å²) in [6, 6.07) is 10.2. The first kappa shape index (κ1) is 14.9. The number of nitrogens with one attached hydrogen (secondary N) is 1. The molecular weight excluding hydrogens is 340 g/mol. The first-order valence-corrected chi connectivity index (χ1v) is 8.23. The zero-order chi connectivity index (χ0) is 14.9. The van der Waals surface area contributed by atoms with Crippen molar-refractivity contribution in [1.29, 1.82) is 0 Å². The van der Waals surface area contributed by atoms with Gasteiger partial charge in [0.25, 0.3) is 10.0 Å². The van der Waals surface area contributed by atoms with E-state index < -0.39 is 10.0 Å². The lowest BCUT2D eigenvalue weighted by molar-refractivity contribution is 0.600. The summed E-state index contributed by atoms with van der Waals surface area (Å²) in [6.45, 7) is 3.63. The Morgan fingerprint density at radius 1 is 1.10 bits per heavy atom. The predicted octanol–water partition coefficient (Wildman–Crippen LogP) is 3.45. The number of hydrogen-bond acceptors (Lipinski definition) is 3. The van der Waals surface area contributed by atoms with Crippen LogP contribution in [-0.2, 0) is 10.0 Å². The van der Waals surface area contributed by atoms with Crippen molar-refractivity contribution in [3.05, 3.63) is 52.0 Å². The third kappa shape index (κ3) is 2.81. The molecular formula is C14H15BrN2O2S. The number of halogens is 1. The summed E-state index contributed by atoms with van der Waals surface area (Å²) in [5.41, 5.74) is 8.47. The fourth-order valence-corrected chi connectivity index (χ4v) is 4.07. The average Bonchev–Trinajstić information content (AvgIpc) is 2.39. The van der Waals surface area contributed by atoms with Gasteiger partial charge in [-0.2, -0.15) is 0 Å². The van der Waals surface area contributed by atoms with Crippen molar-refractivity contribution >= 4 is 37.3 Å². The normalized spacial score (nSPS) is 11.3. The van der Waals surface area contributed by atoms with Crippen molar-refractivity contribution in [2.75, 3.05) is 10.5 Å². The van der Waals surface area contributed by atoms with Crippen molar-refractivity contribution in [2.24, 2.45) is 0 Å². The lowest BCUT2D eigenvalue weighted by Crippen LogP contribution is -2.15. The number of sulfonamides is 1. The van der Waals surface area contributed by atoms with Gasteiger partial charge in [-0.05, 0) is 59.1 Å². The number of aryl methyl sites for hydroxylation is 1. The van der Waals surface area contributed by atoms with E-state index in [2.05, 4.69) is 20.7 Å².